The maximum Gasteiger partial charge on any atom is 0.377 e. The van der Waals surface area contributed by atoms with Crippen LogP contribution in [0.2, 0.25) is 0 Å². The van der Waals surface area contributed by atoms with E-state index in [1.165, 1.54) is 14.2 Å². The van der Waals surface area contributed by atoms with Crippen LogP contribution >= 0.6 is 0 Å². The summed E-state index contributed by atoms with van der Waals surface area (Å²) in [6.45, 7) is 0. The number of H-pyrrole nitrogens is 1. The molecular formula is C6H7N3O4. The van der Waals surface area contributed by atoms with Crippen LogP contribution < -0.4 is 0 Å². The Morgan fingerprint density at radius 2 is 1.85 bits per heavy atom. The van der Waals surface area contributed by atoms with Crippen LogP contribution in [0.3, 0.4) is 0 Å². The zero-order chi connectivity index (χ0) is 9.84. The van der Waals surface area contributed by atoms with Crippen LogP contribution in [0.25, 0.3) is 0 Å². The molecule has 0 unspecified atom stereocenters. The SMILES string of the molecule is COC(=O)c1n[nH]c(C(=O)OC)n1. The number of hydrogen-bond acceptors (Lipinski definition) is 6. The summed E-state index contributed by atoms with van der Waals surface area (Å²) in [4.78, 5) is 25.2. The van der Waals surface area contributed by atoms with Gasteiger partial charge in [0.15, 0.2) is 0 Å². The molecule has 0 aliphatic rings. The highest BCUT2D eigenvalue weighted by Gasteiger charge is 2.16. The molecule has 0 aliphatic heterocycles. The van der Waals surface area contributed by atoms with Gasteiger partial charge < -0.3 is 9.47 Å². The van der Waals surface area contributed by atoms with Crippen LogP contribution in [-0.2, 0) is 9.47 Å². The van der Waals surface area contributed by atoms with Crippen LogP contribution in [0.5, 0.6) is 0 Å². The number of carbonyl (C=O) groups excluding carboxylic acids is 2. The van der Waals surface area contributed by atoms with Crippen molar-refractivity contribution in [3.8, 4) is 0 Å². The zero-order valence-corrected chi connectivity index (χ0v) is 7.03. The molecule has 1 heterocycles. The van der Waals surface area contributed by atoms with Gasteiger partial charge in [0.05, 0.1) is 14.2 Å². The fourth-order valence-electron chi connectivity index (χ4n) is 0.632. The topological polar surface area (TPSA) is 94.2 Å². The highest BCUT2D eigenvalue weighted by molar-refractivity contribution is 5.89. The second kappa shape index (κ2) is 3.65. The first-order valence-electron chi connectivity index (χ1n) is 3.28. The van der Waals surface area contributed by atoms with Gasteiger partial charge in [0, 0.05) is 0 Å². The Hall–Kier alpha value is -1.92. The van der Waals surface area contributed by atoms with Gasteiger partial charge in [0.2, 0.25) is 5.82 Å². The van der Waals surface area contributed by atoms with Crippen LogP contribution in [0.4, 0.5) is 0 Å². The Morgan fingerprint density at radius 1 is 1.23 bits per heavy atom. The maximum absolute atomic E-state index is 10.8. The summed E-state index contributed by atoms with van der Waals surface area (Å²) in [6.07, 6.45) is 0. The predicted molar refractivity (Wildman–Crippen MR) is 39.1 cm³/mol. The van der Waals surface area contributed by atoms with E-state index < -0.39 is 11.9 Å². The predicted octanol–water partition coefficient (Wildman–Crippen LogP) is -0.622. The fraction of sp³-hybridized carbons (Fsp3) is 0.333. The van der Waals surface area contributed by atoms with E-state index in [9.17, 15) is 9.59 Å². The number of methoxy groups -OCH3 is 2. The van der Waals surface area contributed by atoms with Crippen molar-refractivity contribution in [1.29, 1.82) is 0 Å². The van der Waals surface area contributed by atoms with E-state index >= 15 is 0 Å². The maximum atomic E-state index is 10.8. The highest BCUT2D eigenvalue weighted by Crippen LogP contribution is 1.95. The number of nitrogens with zero attached hydrogens (tertiary/aromatic N) is 2. The van der Waals surface area contributed by atoms with Gasteiger partial charge in [0.1, 0.15) is 0 Å². The zero-order valence-electron chi connectivity index (χ0n) is 7.03. The molecule has 0 radical (unpaired) electrons. The molecule has 7 heteroatoms. The van der Waals surface area contributed by atoms with Gasteiger partial charge in [-0.15, -0.1) is 5.10 Å². The van der Waals surface area contributed by atoms with E-state index in [2.05, 4.69) is 24.7 Å². The molecule has 0 saturated carbocycles. The molecule has 7 nitrogen and oxygen atoms in total. The molecule has 0 aromatic carbocycles. The fourth-order valence-corrected chi connectivity index (χ4v) is 0.632. The lowest BCUT2D eigenvalue weighted by Crippen LogP contribution is -2.06. The number of ether oxygens (including phenoxy) is 2. The van der Waals surface area contributed by atoms with Crippen molar-refractivity contribution in [2.45, 2.75) is 0 Å². The van der Waals surface area contributed by atoms with E-state index in [-0.39, 0.29) is 11.6 Å². The normalized spacial score (nSPS) is 9.38. The van der Waals surface area contributed by atoms with Crippen molar-refractivity contribution < 1.29 is 19.1 Å². The molecule has 13 heavy (non-hydrogen) atoms. The Morgan fingerprint density at radius 3 is 2.38 bits per heavy atom. The molecule has 1 rings (SSSR count). The molecule has 70 valence electrons. The number of carbonyl (C=O) groups is 2. The third-order valence-electron chi connectivity index (χ3n) is 1.23. The minimum absolute atomic E-state index is 0.136. The van der Waals surface area contributed by atoms with E-state index in [1.54, 1.807) is 0 Å². The molecule has 0 saturated heterocycles. The number of aromatic amines is 1. The van der Waals surface area contributed by atoms with E-state index in [4.69, 9.17) is 0 Å². The van der Waals surface area contributed by atoms with E-state index in [1.807, 2.05) is 0 Å². The second-order valence-corrected chi connectivity index (χ2v) is 1.99. The second-order valence-electron chi connectivity index (χ2n) is 1.99. The average molecular weight is 185 g/mol. The molecule has 0 aliphatic carbocycles. The van der Waals surface area contributed by atoms with Gasteiger partial charge in [-0.1, -0.05) is 0 Å². The smallest absolute Gasteiger partial charge is 0.377 e. The Bertz CT molecular complexity index is 302. The molecular weight excluding hydrogens is 178 g/mol. The number of nitrogens with one attached hydrogen (secondary N) is 1. The summed E-state index contributed by atoms with van der Waals surface area (Å²) in [5.74, 6) is -1.75. The van der Waals surface area contributed by atoms with Crippen molar-refractivity contribution in [1.82, 2.24) is 15.2 Å². The van der Waals surface area contributed by atoms with Gasteiger partial charge >= 0.3 is 11.9 Å². The molecule has 0 amide bonds. The van der Waals surface area contributed by atoms with Gasteiger partial charge in [-0.25, -0.2) is 9.59 Å². The first-order chi connectivity index (χ1) is 6.19. The average Bonchev–Trinajstić information content (AvgIpc) is 2.64. The molecule has 0 spiro atoms. The Labute approximate surface area is 73.1 Å². The minimum atomic E-state index is -0.716. The third-order valence-corrected chi connectivity index (χ3v) is 1.23. The number of esters is 2. The summed E-state index contributed by atoms with van der Waals surface area (Å²) in [5.41, 5.74) is 0. The number of rotatable bonds is 2. The Balaban J connectivity index is 2.86. The van der Waals surface area contributed by atoms with Crippen molar-refractivity contribution in [2.24, 2.45) is 0 Å². The summed E-state index contributed by atoms with van der Waals surface area (Å²) in [7, 11) is 2.39. The standard InChI is InChI=1S/C6H7N3O4/c1-12-5(10)3-7-4(9-8-3)6(11)13-2/h1-2H3,(H,7,8,9). The monoisotopic (exact) mass is 185 g/mol. The van der Waals surface area contributed by atoms with Crippen LogP contribution in [0.15, 0.2) is 0 Å². The summed E-state index contributed by atoms with van der Waals surface area (Å²) < 4.78 is 8.67. The molecule has 1 N–H and O–H groups in total. The van der Waals surface area contributed by atoms with E-state index in [0.29, 0.717) is 0 Å². The molecule has 1 aromatic rings. The largest absolute Gasteiger partial charge is 0.463 e. The lowest BCUT2D eigenvalue weighted by atomic mass is 10.6. The molecule has 0 atom stereocenters. The first kappa shape index (κ1) is 9.17. The van der Waals surface area contributed by atoms with Gasteiger partial charge in [-0.2, -0.15) is 4.98 Å². The van der Waals surface area contributed by atoms with Gasteiger partial charge in [-0.05, 0) is 0 Å². The third kappa shape index (κ3) is 1.81. The lowest BCUT2D eigenvalue weighted by Gasteiger charge is -1.90. The number of aromatic nitrogens is 3. The quantitative estimate of drug-likeness (QED) is 0.617. The van der Waals surface area contributed by atoms with Crippen LogP contribution in [0, 0.1) is 0 Å². The Kier molecular flexibility index (Phi) is 2.58. The van der Waals surface area contributed by atoms with Crippen LogP contribution in [0.1, 0.15) is 21.2 Å². The van der Waals surface area contributed by atoms with Gasteiger partial charge in [-0.3, -0.25) is 5.10 Å². The van der Waals surface area contributed by atoms with Crippen LogP contribution in [-0.4, -0.2) is 41.3 Å². The summed E-state index contributed by atoms with van der Waals surface area (Å²) in [6, 6.07) is 0. The van der Waals surface area contributed by atoms with Crippen molar-refractivity contribution in [3.63, 3.8) is 0 Å². The summed E-state index contributed by atoms with van der Waals surface area (Å²) in [5, 5.41) is 5.68. The van der Waals surface area contributed by atoms with Gasteiger partial charge in [0.25, 0.3) is 5.82 Å². The highest BCUT2D eigenvalue weighted by atomic mass is 16.5. The summed E-state index contributed by atoms with van der Waals surface area (Å²) >= 11 is 0. The molecule has 0 bridgehead atoms. The minimum Gasteiger partial charge on any atom is -0.463 e. The number of hydrogen-bond donors (Lipinski definition) is 1. The van der Waals surface area contributed by atoms with Crippen molar-refractivity contribution in [2.75, 3.05) is 14.2 Å². The van der Waals surface area contributed by atoms with E-state index in [0.717, 1.165) is 0 Å². The molecule has 0 fully saturated rings. The first-order valence-corrected chi connectivity index (χ1v) is 3.28. The molecule has 1 aromatic heterocycles. The van der Waals surface area contributed by atoms with Crippen molar-refractivity contribution in [3.05, 3.63) is 11.6 Å². The lowest BCUT2D eigenvalue weighted by molar-refractivity contribution is 0.0586. The van der Waals surface area contributed by atoms with Crippen molar-refractivity contribution >= 4 is 11.9 Å².